The fourth-order valence-corrected chi connectivity index (χ4v) is 16.8. The zero-order chi connectivity index (χ0) is 42.2. The van der Waals surface area contributed by atoms with Gasteiger partial charge in [0.05, 0.1) is 22.1 Å². The molecule has 0 aliphatic rings. The summed E-state index contributed by atoms with van der Waals surface area (Å²) < 4.78 is 7.64. The van der Waals surface area contributed by atoms with E-state index in [9.17, 15) is 0 Å². The van der Waals surface area contributed by atoms with Crippen LogP contribution in [0.1, 0.15) is 0 Å². The molecule has 4 heteroatoms. The van der Waals surface area contributed by atoms with Gasteiger partial charge in [0.1, 0.15) is 0 Å². The zero-order valence-electron chi connectivity index (χ0n) is 34.9. The van der Waals surface area contributed by atoms with Gasteiger partial charge in [-0.15, -0.1) is 11.3 Å². The molecule has 0 unspecified atom stereocenters. The van der Waals surface area contributed by atoms with Crippen molar-refractivity contribution in [2.75, 3.05) is 0 Å². The average Bonchev–Trinajstić information content (AvgIpc) is 4.03. The number of benzene rings is 10. The highest BCUT2D eigenvalue weighted by molar-refractivity contribution is 7.26. The van der Waals surface area contributed by atoms with Crippen LogP contribution in [0.2, 0.25) is 0 Å². The lowest BCUT2D eigenvalue weighted by Crippen LogP contribution is -2.74. The second-order valence-electron chi connectivity index (χ2n) is 16.8. The minimum absolute atomic E-state index is 1.14. The fourth-order valence-electron chi connectivity index (χ4n) is 10.8. The van der Waals surface area contributed by atoms with E-state index in [0.29, 0.717) is 0 Å². The topological polar surface area (TPSA) is 9.86 Å². The average molecular weight is 849 g/mol. The van der Waals surface area contributed by atoms with Crippen LogP contribution < -0.4 is 20.7 Å². The van der Waals surface area contributed by atoms with Crippen molar-refractivity contribution in [2.45, 2.75) is 0 Å². The zero-order valence-corrected chi connectivity index (χ0v) is 36.7. The molecule has 13 rings (SSSR count). The Bertz CT molecular complexity index is 3800. The van der Waals surface area contributed by atoms with Gasteiger partial charge in [-0.3, -0.25) is 0 Å². The molecule has 0 aliphatic carbocycles. The van der Waals surface area contributed by atoms with Crippen molar-refractivity contribution in [3.05, 3.63) is 243 Å². The van der Waals surface area contributed by atoms with Gasteiger partial charge in [-0.1, -0.05) is 194 Å². The van der Waals surface area contributed by atoms with Crippen LogP contribution in [0, 0.1) is 0 Å². The third kappa shape index (κ3) is 5.43. The third-order valence-corrected chi connectivity index (χ3v) is 19.5. The normalized spacial score (nSPS) is 12.1. The van der Waals surface area contributed by atoms with Crippen molar-refractivity contribution >= 4 is 104 Å². The first kappa shape index (κ1) is 36.9. The molecule has 64 heavy (non-hydrogen) atoms. The maximum atomic E-state index is 2.50. The highest BCUT2D eigenvalue weighted by atomic mass is 32.1. The van der Waals surface area contributed by atoms with Crippen molar-refractivity contribution in [3.8, 4) is 22.5 Å². The molecule has 0 N–H and O–H groups in total. The molecule has 300 valence electrons. The number of hydrogen-bond donors (Lipinski definition) is 0. The number of fused-ring (bicyclic) bond motifs is 9. The van der Waals surface area contributed by atoms with Crippen molar-refractivity contribution in [2.24, 2.45) is 0 Å². The van der Waals surface area contributed by atoms with Crippen LogP contribution in [0.15, 0.2) is 243 Å². The molecule has 10 aromatic carbocycles. The number of hydrogen-bond acceptors (Lipinski definition) is 1. The molecule has 0 amide bonds. The first-order chi connectivity index (χ1) is 31.8. The summed E-state index contributed by atoms with van der Waals surface area (Å²) in [5, 5.41) is 13.1. The van der Waals surface area contributed by atoms with Gasteiger partial charge >= 0.3 is 0 Å². The van der Waals surface area contributed by atoms with Crippen LogP contribution in [0.5, 0.6) is 0 Å². The Morgan fingerprint density at radius 3 is 1.50 bits per heavy atom. The van der Waals surface area contributed by atoms with Crippen LogP contribution in [0.25, 0.3) is 86.3 Å². The van der Waals surface area contributed by atoms with E-state index < -0.39 is 8.07 Å². The highest BCUT2D eigenvalue weighted by Gasteiger charge is 2.41. The van der Waals surface area contributed by atoms with E-state index in [1.165, 1.54) is 95.7 Å². The van der Waals surface area contributed by atoms with E-state index >= 15 is 0 Å². The van der Waals surface area contributed by atoms with E-state index in [-0.39, 0.29) is 0 Å². The molecule has 0 aliphatic heterocycles. The Balaban J connectivity index is 1.06. The van der Waals surface area contributed by atoms with Crippen LogP contribution in [-0.2, 0) is 0 Å². The Hall–Kier alpha value is -7.76. The minimum Gasteiger partial charge on any atom is -0.309 e. The third-order valence-electron chi connectivity index (χ3n) is 13.5. The summed E-state index contributed by atoms with van der Waals surface area (Å²) in [6.45, 7) is 0. The maximum absolute atomic E-state index is 2.77. The molecule has 2 nitrogen and oxygen atoms in total. The molecule has 0 bridgehead atoms. The molecule has 0 radical (unpaired) electrons. The van der Waals surface area contributed by atoms with Gasteiger partial charge in [0.25, 0.3) is 0 Å². The van der Waals surface area contributed by atoms with Gasteiger partial charge in [-0.2, -0.15) is 0 Å². The lowest BCUT2D eigenvalue weighted by molar-refractivity contribution is 1.16. The van der Waals surface area contributed by atoms with Crippen LogP contribution in [0.4, 0.5) is 0 Å². The van der Waals surface area contributed by atoms with Crippen molar-refractivity contribution < 1.29 is 0 Å². The summed E-state index contributed by atoms with van der Waals surface area (Å²) in [5.41, 5.74) is 9.60. The number of aromatic nitrogens is 2. The summed E-state index contributed by atoms with van der Waals surface area (Å²) in [6, 6.07) is 90.4. The van der Waals surface area contributed by atoms with Crippen molar-refractivity contribution in [1.29, 1.82) is 0 Å². The second kappa shape index (κ2) is 14.7. The van der Waals surface area contributed by atoms with Crippen LogP contribution in [0.3, 0.4) is 0 Å². The highest BCUT2D eigenvalue weighted by Crippen LogP contribution is 2.45. The predicted octanol–water partition coefficient (Wildman–Crippen LogP) is 13.3. The SMILES string of the molecule is c1ccc([Si](c2ccccc2)(c2ccccc2)c2cccc(-n3c4ccccc4c4ccc(-n5c6ccccc6c6c(-c7cccc8c7sc7ccccc78)cccc65)cc43)c2)cc1. The summed E-state index contributed by atoms with van der Waals surface area (Å²) in [7, 11) is -2.77. The standard InChI is InChI=1S/C60H40N2SSi/c1-4-20-43(21-5-1)64(44-22-6-2-7-23-44,45-24-8-3-9-25-45)46-26-16-19-41(39-46)62-54-33-13-10-27-47(54)48-38-37-42(40-57(48)62)61-55-34-14-11-29-53(55)59-50(30-18-35-56(59)61)52-32-17-31-51-49-28-12-15-36-58(49)63-60(51)52/h1-40H. The van der Waals surface area contributed by atoms with Gasteiger partial charge < -0.3 is 9.13 Å². The molecule has 3 heterocycles. The number of para-hydroxylation sites is 2. The molecular formula is C60H40N2SSi. The Morgan fingerprint density at radius 1 is 0.297 bits per heavy atom. The molecule has 0 atom stereocenters. The Labute approximate surface area is 376 Å². The molecule has 3 aromatic heterocycles. The first-order valence-corrected chi connectivity index (χ1v) is 24.8. The quantitative estimate of drug-likeness (QED) is 0.112. The van der Waals surface area contributed by atoms with Gasteiger partial charge in [0, 0.05) is 58.7 Å². The lowest BCUT2D eigenvalue weighted by atomic mass is 9.98. The van der Waals surface area contributed by atoms with E-state index in [2.05, 4.69) is 252 Å². The van der Waals surface area contributed by atoms with E-state index in [1.54, 1.807) is 0 Å². The number of nitrogens with zero attached hydrogens (tertiary/aromatic N) is 2. The number of thiophene rings is 1. The lowest BCUT2D eigenvalue weighted by Gasteiger charge is -2.34. The second-order valence-corrected chi connectivity index (χ2v) is 21.6. The predicted molar refractivity (Wildman–Crippen MR) is 277 cm³/mol. The molecule has 0 saturated heterocycles. The summed E-state index contributed by atoms with van der Waals surface area (Å²) in [6.07, 6.45) is 0. The van der Waals surface area contributed by atoms with Crippen LogP contribution in [-0.4, -0.2) is 17.2 Å². The summed E-state index contributed by atoms with van der Waals surface area (Å²) in [5.74, 6) is 0. The van der Waals surface area contributed by atoms with Gasteiger partial charge in [0.15, 0.2) is 8.07 Å². The largest absolute Gasteiger partial charge is 0.309 e. The van der Waals surface area contributed by atoms with Crippen molar-refractivity contribution in [1.82, 2.24) is 9.13 Å². The van der Waals surface area contributed by atoms with E-state index in [0.717, 1.165) is 11.4 Å². The minimum atomic E-state index is -2.77. The maximum Gasteiger partial charge on any atom is 0.179 e. The summed E-state index contributed by atoms with van der Waals surface area (Å²) in [4.78, 5) is 0. The summed E-state index contributed by atoms with van der Waals surface area (Å²) >= 11 is 1.89. The molecule has 0 spiro atoms. The smallest absolute Gasteiger partial charge is 0.179 e. The van der Waals surface area contributed by atoms with Gasteiger partial charge in [0.2, 0.25) is 0 Å². The van der Waals surface area contributed by atoms with Gasteiger partial charge in [-0.25, -0.2) is 0 Å². The van der Waals surface area contributed by atoms with E-state index in [1.807, 2.05) is 11.3 Å². The Morgan fingerprint density at radius 2 is 0.781 bits per heavy atom. The van der Waals surface area contributed by atoms with Gasteiger partial charge in [-0.05, 0) is 74.8 Å². The first-order valence-electron chi connectivity index (χ1n) is 22.0. The molecule has 13 aromatic rings. The Kier molecular flexibility index (Phi) is 8.45. The van der Waals surface area contributed by atoms with E-state index in [4.69, 9.17) is 0 Å². The fraction of sp³-hybridized carbons (Fsp3) is 0. The van der Waals surface area contributed by atoms with Crippen molar-refractivity contribution in [3.63, 3.8) is 0 Å². The molecule has 0 saturated carbocycles. The monoisotopic (exact) mass is 848 g/mol. The van der Waals surface area contributed by atoms with Crippen LogP contribution >= 0.6 is 11.3 Å². The molecular weight excluding hydrogens is 809 g/mol. The molecule has 0 fully saturated rings. The number of rotatable bonds is 7.